The van der Waals surface area contributed by atoms with E-state index in [1.807, 2.05) is 4.90 Å². The number of carbonyl (C=O) groups excluding carboxylic acids is 1. The Morgan fingerprint density at radius 1 is 1.17 bits per heavy atom. The molecule has 6 nitrogen and oxygen atoms in total. The molecule has 30 heavy (non-hydrogen) atoms. The van der Waals surface area contributed by atoms with Gasteiger partial charge in [-0.05, 0) is 36.4 Å². The van der Waals surface area contributed by atoms with Crippen molar-refractivity contribution in [2.45, 2.75) is 6.18 Å². The third kappa shape index (κ3) is 5.48. The number of hydrogen-bond acceptors (Lipinski definition) is 5. The van der Waals surface area contributed by atoms with Crippen molar-refractivity contribution in [1.82, 2.24) is 0 Å². The minimum Gasteiger partial charge on any atom is -0.495 e. The molecule has 2 aromatic rings. The van der Waals surface area contributed by atoms with Crippen LogP contribution >= 0.6 is 11.6 Å². The number of anilines is 3. The maximum Gasteiger partial charge on any atom is 0.416 e. The summed E-state index contributed by atoms with van der Waals surface area (Å²) in [6, 6.07) is 8.21. The summed E-state index contributed by atoms with van der Waals surface area (Å²) in [4.78, 5) is 14.4. The van der Waals surface area contributed by atoms with E-state index in [-0.39, 0.29) is 12.2 Å². The highest BCUT2D eigenvalue weighted by atomic mass is 35.5. The smallest absolute Gasteiger partial charge is 0.416 e. The van der Waals surface area contributed by atoms with Crippen LogP contribution in [0.2, 0.25) is 5.02 Å². The van der Waals surface area contributed by atoms with E-state index in [9.17, 15) is 18.0 Å². The van der Waals surface area contributed by atoms with Crippen LogP contribution in [-0.4, -0.2) is 45.9 Å². The summed E-state index contributed by atoms with van der Waals surface area (Å²) in [6.45, 7) is 1.78. The Labute approximate surface area is 176 Å². The molecule has 1 heterocycles. The summed E-state index contributed by atoms with van der Waals surface area (Å²) in [6.07, 6.45) is -4.52. The molecule has 0 radical (unpaired) electrons. The van der Waals surface area contributed by atoms with E-state index in [1.54, 1.807) is 18.2 Å². The fourth-order valence-electron chi connectivity index (χ4n) is 3.08. The van der Waals surface area contributed by atoms with Gasteiger partial charge in [0.05, 0.1) is 49.5 Å². The zero-order chi connectivity index (χ0) is 21.7. The van der Waals surface area contributed by atoms with Gasteiger partial charge in [-0.1, -0.05) is 11.6 Å². The number of nitrogens with zero attached hydrogens (tertiary/aromatic N) is 1. The largest absolute Gasteiger partial charge is 0.495 e. The standard InChI is InChI=1S/C20H21ClF3N3O3/c1-29-18-5-3-14(21)11-16(18)25-12-19(28)26-15-10-13(20(22,23)24)2-4-17(15)27-6-8-30-9-7-27/h2-5,10-11,25H,6-9,12H2,1H3,(H,26,28). The van der Waals surface area contributed by atoms with E-state index >= 15 is 0 Å². The fraction of sp³-hybridized carbons (Fsp3) is 0.350. The van der Waals surface area contributed by atoms with Gasteiger partial charge in [0.15, 0.2) is 0 Å². The first-order chi connectivity index (χ1) is 14.3. The van der Waals surface area contributed by atoms with Crippen molar-refractivity contribution in [3.8, 4) is 5.75 Å². The predicted molar refractivity (Wildman–Crippen MR) is 110 cm³/mol. The number of rotatable bonds is 6. The topological polar surface area (TPSA) is 62.8 Å². The summed E-state index contributed by atoms with van der Waals surface area (Å²) in [7, 11) is 1.48. The van der Waals surface area contributed by atoms with Crippen molar-refractivity contribution >= 4 is 34.6 Å². The maximum absolute atomic E-state index is 13.2. The van der Waals surface area contributed by atoms with Crippen LogP contribution in [0.3, 0.4) is 0 Å². The van der Waals surface area contributed by atoms with E-state index in [2.05, 4.69) is 10.6 Å². The van der Waals surface area contributed by atoms with Gasteiger partial charge in [0, 0.05) is 18.1 Å². The minimum absolute atomic E-state index is 0.0941. The van der Waals surface area contributed by atoms with Gasteiger partial charge in [-0.25, -0.2) is 0 Å². The molecule has 0 aromatic heterocycles. The zero-order valence-corrected chi connectivity index (χ0v) is 16.9. The Kier molecular flexibility index (Phi) is 6.94. The molecule has 1 aliphatic rings. The number of methoxy groups -OCH3 is 1. The number of halogens is 4. The third-order valence-corrected chi connectivity index (χ3v) is 4.79. The van der Waals surface area contributed by atoms with E-state index in [0.717, 1.165) is 12.1 Å². The number of carbonyl (C=O) groups is 1. The molecule has 2 aromatic carbocycles. The Morgan fingerprint density at radius 3 is 2.57 bits per heavy atom. The van der Waals surface area contributed by atoms with Crippen LogP contribution in [-0.2, 0) is 15.7 Å². The van der Waals surface area contributed by atoms with Crippen LogP contribution in [0.5, 0.6) is 5.75 Å². The first kappa shape index (κ1) is 22.0. The fourth-order valence-corrected chi connectivity index (χ4v) is 3.25. The van der Waals surface area contributed by atoms with Crippen LogP contribution in [0.25, 0.3) is 0 Å². The predicted octanol–water partition coefficient (Wildman–Crippen LogP) is 4.25. The van der Waals surface area contributed by atoms with Crippen molar-refractivity contribution in [2.24, 2.45) is 0 Å². The number of alkyl halides is 3. The van der Waals surface area contributed by atoms with E-state index in [1.165, 1.54) is 13.2 Å². The molecule has 0 bridgehead atoms. The number of ether oxygens (including phenoxy) is 2. The second kappa shape index (κ2) is 9.44. The minimum atomic E-state index is -4.52. The molecule has 162 valence electrons. The molecule has 0 aliphatic carbocycles. The highest BCUT2D eigenvalue weighted by Crippen LogP contribution is 2.36. The van der Waals surface area contributed by atoms with Gasteiger partial charge in [0.1, 0.15) is 5.75 Å². The molecule has 1 aliphatic heterocycles. The molecule has 1 fully saturated rings. The monoisotopic (exact) mass is 443 g/mol. The van der Waals surface area contributed by atoms with Crippen LogP contribution in [0.1, 0.15) is 5.56 Å². The van der Waals surface area contributed by atoms with Crippen molar-refractivity contribution in [3.63, 3.8) is 0 Å². The van der Waals surface area contributed by atoms with Gasteiger partial charge in [0.2, 0.25) is 5.91 Å². The van der Waals surface area contributed by atoms with E-state index < -0.39 is 17.6 Å². The van der Waals surface area contributed by atoms with Crippen LogP contribution < -0.4 is 20.3 Å². The average molecular weight is 444 g/mol. The normalized spacial score (nSPS) is 14.4. The first-order valence-electron chi connectivity index (χ1n) is 9.19. The molecule has 0 spiro atoms. The van der Waals surface area contributed by atoms with Crippen LogP contribution in [0.4, 0.5) is 30.2 Å². The average Bonchev–Trinajstić information content (AvgIpc) is 2.72. The third-order valence-electron chi connectivity index (χ3n) is 4.55. The molecule has 1 saturated heterocycles. The lowest BCUT2D eigenvalue weighted by Gasteiger charge is -2.31. The molecular weight excluding hydrogens is 423 g/mol. The van der Waals surface area contributed by atoms with Crippen molar-refractivity contribution in [1.29, 1.82) is 0 Å². The second-order valence-electron chi connectivity index (χ2n) is 6.58. The summed E-state index contributed by atoms with van der Waals surface area (Å²) in [5.74, 6) is -0.0221. The molecule has 0 unspecified atom stereocenters. The molecule has 10 heteroatoms. The molecule has 3 rings (SSSR count). The summed E-state index contributed by atoms with van der Waals surface area (Å²) in [5, 5.41) is 5.93. The number of hydrogen-bond donors (Lipinski definition) is 2. The Balaban J connectivity index is 1.78. The van der Waals surface area contributed by atoms with Crippen molar-refractivity contribution in [3.05, 3.63) is 47.0 Å². The highest BCUT2D eigenvalue weighted by Gasteiger charge is 2.32. The summed E-state index contributed by atoms with van der Waals surface area (Å²) in [5.41, 5.74) is 0.272. The lowest BCUT2D eigenvalue weighted by Crippen LogP contribution is -2.37. The van der Waals surface area contributed by atoms with E-state index in [4.69, 9.17) is 21.1 Å². The first-order valence-corrected chi connectivity index (χ1v) is 9.57. The van der Waals surface area contributed by atoms with Gasteiger partial charge in [0.25, 0.3) is 0 Å². The van der Waals surface area contributed by atoms with Crippen molar-refractivity contribution < 1.29 is 27.4 Å². The Bertz CT molecular complexity index is 903. The molecule has 1 amide bonds. The maximum atomic E-state index is 13.2. The Hall–Kier alpha value is -2.65. The molecule has 2 N–H and O–H groups in total. The van der Waals surface area contributed by atoms with Gasteiger partial charge in [-0.3, -0.25) is 4.79 Å². The SMILES string of the molecule is COc1ccc(Cl)cc1NCC(=O)Nc1cc(C(F)(F)F)ccc1N1CCOCC1. The zero-order valence-electron chi connectivity index (χ0n) is 16.2. The number of benzene rings is 2. The van der Waals surface area contributed by atoms with Gasteiger partial charge < -0.3 is 25.0 Å². The lowest BCUT2D eigenvalue weighted by molar-refractivity contribution is -0.137. The van der Waals surface area contributed by atoms with Gasteiger partial charge in [-0.15, -0.1) is 0 Å². The number of amides is 1. The highest BCUT2D eigenvalue weighted by molar-refractivity contribution is 6.31. The number of morpholine rings is 1. The quantitative estimate of drug-likeness (QED) is 0.698. The molecule has 0 saturated carbocycles. The summed E-state index contributed by atoms with van der Waals surface area (Å²) >= 11 is 5.97. The van der Waals surface area contributed by atoms with Crippen LogP contribution in [0, 0.1) is 0 Å². The van der Waals surface area contributed by atoms with Crippen LogP contribution in [0.15, 0.2) is 36.4 Å². The second-order valence-corrected chi connectivity index (χ2v) is 7.01. The van der Waals surface area contributed by atoms with Crippen molar-refractivity contribution in [2.75, 3.05) is 55.5 Å². The van der Waals surface area contributed by atoms with E-state index in [0.29, 0.717) is 48.5 Å². The van der Waals surface area contributed by atoms with Gasteiger partial charge >= 0.3 is 6.18 Å². The van der Waals surface area contributed by atoms with Gasteiger partial charge in [-0.2, -0.15) is 13.2 Å². The summed E-state index contributed by atoms with van der Waals surface area (Å²) < 4.78 is 50.1. The number of nitrogens with one attached hydrogen (secondary N) is 2. The Morgan fingerprint density at radius 2 is 1.90 bits per heavy atom. The molecular formula is C20H21ClF3N3O3. The lowest BCUT2D eigenvalue weighted by atomic mass is 10.1. The molecule has 0 atom stereocenters.